The average molecular weight is 318 g/mol. The van der Waals surface area contributed by atoms with Crippen LogP contribution in [-0.2, 0) is 14.8 Å². The molecule has 0 aromatic carbocycles. The highest BCUT2D eigenvalue weighted by atomic mass is 32.2. The molecule has 0 bridgehead atoms. The molecule has 2 rings (SSSR count). The number of ether oxygens (including phenoxy) is 1. The molecule has 2 N–H and O–H groups in total. The van der Waals surface area contributed by atoms with Crippen LogP contribution in [0.4, 0.5) is 0 Å². The van der Waals surface area contributed by atoms with E-state index in [9.17, 15) is 13.2 Å². The summed E-state index contributed by atoms with van der Waals surface area (Å²) in [5, 5.41) is 11.3. The number of aliphatic hydroxyl groups excluding tert-OH is 1. The molecule has 1 fully saturated rings. The number of morpholine rings is 1. The number of nitrogens with zero attached hydrogens (tertiary/aromatic N) is 1. The normalized spacial score (nSPS) is 18.4. The topological polar surface area (TPSA) is 109 Å². The lowest BCUT2D eigenvalue weighted by molar-refractivity contribution is 0.0722. The van der Waals surface area contributed by atoms with Crippen molar-refractivity contribution in [3.63, 3.8) is 0 Å². The molecule has 0 spiro atoms. The maximum atomic E-state index is 12.3. The van der Waals surface area contributed by atoms with Gasteiger partial charge in [0, 0.05) is 19.6 Å². The Morgan fingerprint density at radius 1 is 1.43 bits per heavy atom. The molecule has 118 valence electrons. The second-order valence-electron chi connectivity index (χ2n) is 4.69. The molecule has 8 nitrogen and oxygen atoms in total. The molecule has 0 aliphatic carbocycles. The fraction of sp³-hybridized carbons (Fsp3) is 0.583. The molecular formula is C12H18N2O6S. The number of carbonyl (C=O) groups is 1. The number of amides is 1. The third kappa shape index (κ3) is 3.82. The van der Waals surface area contributed by atoms with Gasteiger partial charge in [-0.3, -0.25) is 4.79 Å². The van der Waals surface area contributed by atoms with Gasteiger partial charge in [0.25, 0.3) is 15.9 Å². The fourth-order valence-electron chi connectivity index (χ4n) is 1.82. The van der Waals surface area contributed by atoms with Gasteiger partial charge in [-0.05, 0) is 19.1 Å². The summed E-state index contributed by atoms with van der Waals surface area (Å²) in [7, 11) is -3.75. The molecular weight excluding hydrogens is 300 g/mol. The van der Waals surface area contributed by atoms with Crippen molar-refractivity contribution in [1.29, 1.82) is 0 Å². The van der Waals surface area contributed by atoms with Crippen LogP contribution in [-0.4, -0.2) is 62.7 Å². The fourth-order valence-corrected chi connectivity index (χ4v) is 3.14. The summed E-state index contributed by atoms with van der Waals surface area (Å²) in [6, 6.07) is 2.55. The van der Waals surface area contributed by atoms with Crippen LogP contribution in [0.5, 0.6) is 0 Å². The van der Waals surface area contributed by atoms with Gasteiger partial charge in [0.2, 0.25) is 5.09 Å². The van der Waals surface area contributed by atoms with E-state index in [0.717, 1.165) is 0 Å². The van der Waals surface area contributed by atoms with E-state index in [-0.39, 0.29) is 30.5 Å². The van der Waals surface area contributed by atoms with E-state index in [4.69, 9.17) is 14.3 Å². The number of nitrogens with one attached hydrogen (secondary N) is 1. The van der Waals surface area contributed by atoms with E-state index >= 15 is 0 Å². The first kappa shape index (κ1) is 16.0. The second kappa shape index (κ2) is 6.56. The SMILES string of the molecule is CC(O)CNC(=O)c1ccc(S(=O)(=O)N2CCOCC2)o1. The van der Waals surface area contributed by atoms with Crippen LogP contribution >= 0.6 is 0 Å². The largest absolute Gasteiger partial charge is 0.438 e. The van der Waals surface area contributed by atoms with Gasteiger partial charge < -0.3 is 19.6 Å². The first-order valence-corrected chi connectivity index (χ1v) is 7.99. The maximum absolute atomic E-state index is 12.3. The van der Waals surface area contributed by atoms with Crippen molar-refractivity contribution in [3.8, 4) is 0 Å². The van der Waals surface area contributed by atoms with Crippen molar-refractivity contribution in [2.45, 2.75) is 18.1 Å². The van der Waals surface area contributed by atoms with E-state index in [1.165, 1.54) is 23.4 Å². The van der Waals surface area contributed by atoms with Gasteiger partial charge in [-0.25, -0.2) is 8.42 Å². The molecule has 1 unspecified atom stereocenters. The average Bonchev–Trinajstić information content (AvgIpc) is 2.96. The van der Waals surface area contributed by atoms with Crippen LogP contribution < -0.4 is 5.32 Å². The number of carbonyl (C=O) groups excluding carboxylic acids is 1. The Bertz CT molecular complexity index is 589. The number of hydrogen-bond donors (Lipinski definition) is 2. The van der Waals surface area contributed by atoms with Crippen molar-refractivity contribution >= 4 is 15.9 Å². The molecule has 1 saturated heterocycles. The monoisotopic (exact) mass is 318 g/mol. The van der Waals surface area contributed by atoms with Crippen molar-refractivity contribution in [2.24, 2.45) is 0 Å². The van der Waals surface area contributed by atoms with Crippen molar-refractivity contribution in [1.82, 2.24) is 9.62 Å². The predicted molar refractivity (Wildman–Crippen MR) is 72.3 cm³/mol. The Kier molecular flexibility index (Phi) is 4.99. The van der Waals surface area contributed by atoms with Gasteiger partial charge in [0.15, 0.2) is 5.76 Å². The van der Waals surface area contributed by atoms with Gasteiger partial charge in [-0.15, -0.1) is 0 Å². The number of furan rings is 1. The highest BCUT2D eigenvalue weighted by molar-refractivity contribution is 7.89. The van der Waals surface area contributed by atoms with Crippen LogP contribution in [0.25, 0.3) is 0 Å². The standard InChI is InChI=1S/C12H18N2O6S/c1-9(15)8-13-12(16)10-2-3-11(20-10)21(17,18)14-4-6-19-7-5-14/h2-3,9,15H,4-8H2,1H3,(H,13,16). The summed E-state index contributed by atoms with van der Waals surface area (Å²) in [6.07, 6.45) is -0.694. The first-order valence-electron chi connectivity index (χ1n) is 6.55. The summed E-state index contributed by atoms with van der Waals surface area (Å²) in [5.41, 5.74) is 0. The number of rotatable bonds is 5. The zero-order valence-corrected chi connectivity index (χ0v) is 12.4. The Morgan fingerprint density at radius 2 is 2.10 bits per heavy atom. The van der Waals surface area contributed by atoms with E-state index in [1.54, 1.807) is 0 Å². The molecule has 1 aliphatic rings. The van der Waals surface area contributed by atoms with Crippen molar-refractivity contribution in [3.05, 3.63) is 17.9 Å². The molecule has 0 saturated carbocycles. The van der Waals surface area contributed by atoms with E-state index in [2.05, 4.69) is 5.32 Å². The molecule has 9 heteroatoms. The van der Waals surface area contributed by atoms with Crippen molar-refractivity contribution in [2.75, 3.05) is 32.8 Å². The number of sulfonamides is 1. The molecule has 1 atom stereocenters. The first-order chi connectivity index (χ1) is 9.91. The summed E-state index contributed by atoms with van der Waals surface area (Å²) in [4.78, 5) is 11.7. The van der Waals surface area contributed by atoms with Crippen LogP contribution in [0.3, 0.4) is 0 Å². The Morgan fingerprint density at radius 3 is 2.71 bits per heavy atom. The van der Waals surface area contributed by atoms with E-state index in [0.29, 0.717) is 13.2 Å². The second-order valence-corrected chi connectivity index (χ2v) is 6.56. The summed E-state index contributed by atoms with van der Waals surface area (Å²) >= 11 is 0. The third-order valence-corrected chi connectivity index (χ3v) is 4.70. The van der Waals surface area contributed by atoms with E-state index in [1.807, 2.05) is 0 Å². The lowest BCUT2D eigenvalue weighted by Gasteiger charge is -2.24. The van der Waals surface area contributed by atoms with Gasteiger partial charge in [0.1, 0.15) is 0 Å². The molecule has 1 aromatic rings. The number of hydrogen-bond acceptors (Lipinski definition) is 6. The smallest absolute Gasteiger partial charge is 0.287 e. The zero-order chi connectivity index (χ0) is 15.5. The molecule has 1 aliphatic heterocycles. The molecule has 1 aromatic heterocycles. The van der Waals surface area contributed by atoms with Crippen molar-refractivity contribution < 1.29 is 27.5 Å². The quantitative estimate of drug-likeness (QED) is 0.751. The minimum Gasteiger partial charge on any atom is -0.438 e. The Hall–Kier alpha value is -1.42. The van der Waals surface area contributed by atoms with Crippen LogP contribution in [0, 0.1) is 0 Å². The van der Waals surface area contributed by atoms with Gasteiger partial charge in [-0.1, -0.05) is 0 Å². The lowest BCUT2D eigenvalue weighted by atomic mass is 10.4. The molecule has 0 radical (unpaired) electrons. The lowest BCUT2D eigenvalue weighted by Crippen LogP contribution is -2.40. The zero-order valence-electron chi connectivity index (χ0n) is 11.6. The minimum absolute atomic E-state index is 0.0606. The highest BCUT2D eigenvalue weighted by Gasteiger charge is 2.29. The third-order valence-electron chi connectivity index (χ3n) is 2.93. The van der Waals surface area contributed by atoms with Gasteiger partial charge in [0.05, 0.1) is 19.3 Å². The molecule has 21 heavy (non-hydrogen) atoms. The van der Waals surface area contributed by atoms with E-state index < -0.39 is 22.0 Å². The Balaban J connectivity index is 2.09. The predicted octanol–water partition coefficient (Wildman–Crippen LogP) is -0.589. The van der Waals surface area contributed by atoms with Gasteiger partial charge >= 0.3 is 0 Å². The number of aliphatic hydroxyl groups is 1. The Labute approximate surface area is 122 Å². The molecule has 1 amide bonds. The highest BCUT2D eigenvalue weighted by Crippen LogP contribution is 2.19. The minimum atomic E-state index is -3.75. The van der Waals surface area contributed by atoms with Crippen LogP contribution in [0.2, 0.25) is 0 Å². The van der Waals surface area contributed by atoms with Crippen LogP contribution in [0.1, 0.15) is 17.5 Å². The van der Waals surface area contributed by atoms with Gasteiger partial charge in [-0.2, -0.15) is 4.31 Å². The summed E-state index contributed by atoms with van der Waals surface area (Å²) < 4.78 is 36.1. The summed E-state index contributed by atoms with van der Waals surface area (Å²) in [6.45, 7) is 2.77. The van der Waals surface area contributed by atoms with Crippen LogP contribution in [0.15, 0.2) is 21.6 Å². The maximum Gasteiger partial charge on any atom is 0.287 e. The summed E-state index contributed by atoms with van der Waals surface area (Å²) in [5.74, 6) is -0.679. The molecule has 2 heterocycles.